The van der Waals surface area contributed by atoms with Crippen molar-refractivity contribution in [3.05, 3.63) is 0 Å². The SMILES string of the molecule is CCCCCCCCC[C@@H]1C[C@@H]2CCC(O)[N+]2=C(N)N1. The van der Waals surface area contributed by atoms with Gasteiger partial charge in [0, 0.05) is 12.8 Å². The molecule has 2 aliphatic rings. The van der Waals surface area contributed by atoms with E-state index in [1.807, 2.05) is 4.58 Å². The van der Waals surface area contributed by atoms with Crippen LogP contribution in [0.1, 0.15) is 77.6 Å². The molecule has 20 heavy (non-hydrogen) atoms. The van der Waals surface area contributed by atoms with Crippen molar-refractivity contribution in [2.75, 3.05) is 0 Å². The predicted octanol–water partition coefficient (Wildman–Crippen LogP) is 2.30. The Hall–Kier alpha value is -0.770. The molecule has 0 bridgehead atoms. The summed E-state index contributed by atoms with van der Waals surface area (Å²) in [5, 5.41) is 13.3. The highest BCUT2D eigenvalue weighted by atomic mass is 16.3. The lowest BCUT2D eigenvalue weighted by atomic mass is 9.98. The molecule has 0 amide bonds. The van der Waals surface area contributed by atoms with Crippen molar-refractivity contribution in [1.82, 2.24) is 5.32 Å². The third-order valence-corrected chi connectivity index (χ3v) is 4.82. The average Bonchev–Trinajstić information content (AvgIpc) is 2.80. The lowest BCUT2D eigenvalue weighted by molar-refractivity contribution is -0.623. The number of nitrogens with one attached hydrogen (secondary N) is 1. The van der Waals surface area contributed by atoms with Crippen LogP contribution in [0.3, 0.4) is 0 Å². The molecule has 3 atom stereocenters. The molecule has 0 saturated carbocycles. The van der Waals surface area contributed by atoms with Crippen LogP contribution in [0.25, 0.3) is 0 Å². The van der Waals surface area contributed by atoms with Gasteiger partial charge in [-0.15, -0.1) is 0 Å². The molecule has 4 nitrogen and oxygen atoms in total. The Balaban J connectivity index is 1.63. The van der Waals surface area contributed by atoms with Gasteiger partial charge in [-0.25, -0.2) is 4.58 Å². The zero-order chi connectivity index (χ0) is 14.4. The number of nitrogens with zero attached hydrogens (tertiary/aromatic N) is 1. The summed E-state index contributed by atoms with van der Waals surface area (Å²) in [4.78, 5) is 0. The van der Waals surface area contributed by atoms with Crippen LogP contribution in [0, 0.1) is 0 Å². The van der Waals surface area contributed by atoms with E-state index in [2.05, 4.69) is 12.2 Å². The van der Waals surface area contributed by atoms with Crippen molar-refractivity contribution in [3.63, 3.8) is 0 Å². The van der Waals surface area contributed by atoms with E-state index in [9.17, 15) is 5.11 Å². The maximum absolute atomic E-state index is 9.88. The minimum Gasteiger partial charge on any atom is -0.361 e. The van der Waals surface area contributed by atoms with Crippen LogP contribution in [0.4, 0.5) is 0 Å². The maximum Gasteiger partial charge on any atom is 0.346 e. The molecule has 1 fully saturated rings. The highest BCUT2D eigenvalue weighted by Crippen LogP contribution is 2.25. The summed E-state index contributed by atoms with van der Waals surface area (Å²) in [5.41, 5.74) is 6.06. The Morgan fingerprint density at radius 2 is 1.85 bits per heavy atom. The molecule has 0 aliphatic carbocycles. The topological polar surface area (TPSA) is 61.3 Å². The number of guanidine groups is 1. The van der Waals surface area contributed by atoms with Crippen LogP contribution in [0.5, 0.6) is 0 Å². The number of rotatable bonds is 8. The Bertz CT molecular complexity index is 330. The monoisotopic (exact) mass is 282 g/mol. The molecular formula is C16H32N3O+. The molecule has 0 spiro atoms. The van der Waals surface area contributed by atoms with Gasteiger partial charge in [0.25, 0.3) is 0 Å². The maximum atomic E-state index is 9.88. The molecule has 2 heterocycles. The fourth-order valence-corrected chi connectivity index (χ4v) is 3.66. The summed E-state index contributed by atoms with van der Waals surface area (Å²) in [5.74, 6) is 0.694. The van der Waals surface area contributed by atoms with E-state index < -0.39 is 0 Å². The molecule has 1 saturated heterocycles. The molecule has 4 N–H and O–H groups in total. The Kier molecular flexibility index (Phi) is 6.14. The van der Waals surface area contributed by atoms with Gasteiger partial charge >= 0.3 is 5.96 Å². The normalized spacial score (nSPS) is 29.4. The molecule has 0 radical (unpaired) electrons. The van der Waals surface area contributed by atoms with Gasteiger partial charge in [-0.05, 0) is 12.8 Å². The van der Waals surface area contributed by atoms with E-state index in [1.54, 1.807) is 0 Å². The molecule has 0 aromatic heterocycles. The second-order valence-corrected chi connectivity index (χ2v) is 6.49. The van der Waals surface area contributed by atoms with Crippen molar-refractivity contribution in [2.45, 2.75) is 95.9 Å². The van der Waals surface area contributed by atoms with Gasteiger partial charge in [0.05, 0.1) is 12.1 Å². The summed E-state index contributed by atoms with van der Waals surface area (Å²) in [7, 11) is 0. The highest BCUT2D eigenvalue weighted by molar-refractivity contribution is 5.73. The van der Waals surface area contributed by atoms with Gasteiger partial charge in [0.2, 0.25) is 0 Å². The largest absolute Gasteiger partial charge is 0.361 e. The van der Waals surface area contributed by atoms with Gasteiger partial charge in [0.15, 0.2) is 6.23 Å². The smallest absolute Gasteiger partial charge is 0.346 e. The molecular weight excluding hydrogens is 250 g/mol. The number of fused-ring (bicyclic) bond motifs is 1. The first kappa shape index (κ1) is 15.6. The van der Waals surface area contributed by atoms with Crippen molar-refractivity contribution in [2.24, 2.45) is 5.73 Å². The first-order valence-corrected chi connectivity index (χ1v) is 8.57. The number of unbranched alkanes of at least 4 members (excludes halogenated alkanes) is 6. The Labute approximate surface area is 123 Å². The number of hydrogen-bond acceptors (Lipinski definition) is 3. The number of aliphatic hydroxyl groups excluding tert-OH is 1. The van der Waals surface area contributed by atoms with Crippen molar-refractivity contribution < 1.29 is 9.68 Å². The molecule has 2 aliphatic heterocycles. The van der Waals surface area contributed by atoms with E-state index in [0.29, 0.717) is 18.0 Å². The number of aliphatic hydroxyl groups is 1. The van der Waals surface area contributed by atoms with Crippen LogP contribution in [0.15, 0.2) is 0 Å². The van der Waals surface area contributed by atoms with Gasteiger partial charge in [0.1, 0.15) is 0 Å². The lowest BCUT2D eigenvalue weighted by Gasteiger charge is -2.27. The number of hydrogen-bond donors (Lipinski definition) is 3. The fraction of sp³-hybridized carbons (Fsp3) is 0.938. The molecule has 0 aromatic carbocycles. The first-order valence-electron chi connectivity index (χ1n) is 8.57. The summed E-state index contributed by atoms with van der Waals surface area (Å²) in [6, 6.07) is 0.970. The lowest BCUT2D eigenvalue weighted by Crippen LogP contribution is -2.55. The summed E-state index contributed by atoms with van der Waals surface area (Å²) in [6.45, 7) is 2.26. The first-order chi connectivity index (χ1) is 9.72. The minimum atomic E-state index is -0.369. The Morgan fingerprint density at radius 3 is 2.60 bits per heavy atom. The third kappa shape index (κ3) is 4.11. The number of nitrogens with two attached hydrogens (primary N) is 1. The fourth-order valence-electron chi connectivity index (χ4n) is 3.66. The molecule has 1 unspecified atom stereocenters. The summed E-state index contributed by atoms with van der Waals surface area (Å²) < 4.78 is 1.97. The van der Waals surface area contributed by atoms with Crippen molar-refractivity contribution in [3.8, 4) is 0 Å². The standard InChI is InChI=1S/C16H31N3O/c1-2-3-4-5-6-7-8-9-13-12-14-10-11-15(20)19(14)16(17)18-13/h13-15,20H,2-12H2,1H3,(H2,17,18)/p+1/t13-,14+,15?/m1/s1. The van der Waals surface area contributed by atoms with Crippen LogP contribution >= 0.6 is 0 Å². The highest BCUT2D eigenvalue weighted by Gasteiger charge is 2.39. The van der Waals surface area contributed by atoms with E-state index in [-0.39, 0.29) is 6.23 Å². The van der Waals surface area contributed by atoms with E-state index in [1.165, 1.54) is 51.4 Å². The van der Waals surface area contributed by atoms with Gasteiger partial charge in [-0.1, -0.05) is 51.9 Å². The van der Waals surface area contributed by atoms with E-state index >= 15 is 0 Å². The predicted molar refractivity (Wildman–Crippen MR) is 82.6 cm³/mol. The van der Waals surface area contributed by atoms with E-state index in [0.717, 1.165) is 19.3 Å². The average molecular weight is 282 g/mol. The van der Waals surface area contributed by atoms with Crippen LogP contribution in [-0.2, 0) is 0 Å². The molecule has 2 rings (SSSR count). The van der Waals surface area contributed by atoms with Gasteiger partial charge in [-0.3, -0.25) is 11.1 Å². The second-order valence-electron chi connectivity index (χ2n) is 6.49. The van der Waals surface area contributed by atoms with E-state index in [4.69, 9.17) is 5.73 Å². The third-order valence-electron chi connectivity index (χ3n) is 4.82. The minimum absolute atomic E-state index is 0.369. The van der Waals surface area contributed by atoms with Gasteiger partial charge in [-0.2, -0.15) is 0 Å². The Morgan fingerprint density at radius 1 is 1.15 bits per heavy atom. The molecule has 0 aromatic rings. The van der Waals surface area contributed by atoms with Crippen LogP contribution in [-0.4, -0.2) is 34.0 Å². The van der Waals surface area contributed by atoms with Crippen LogP contribution in [0.2, 0.25) is 0 Å². The molecule has 116 valence electrons. The summed E-state index contributed by atoms with van der Waals surface area (Å²) >= 11 is 0. The quantitative estimate of drug-likeness (QED) is 0.473. The van der Waals surface area contributed by atoms with Gasteiger partial charge < -0.3 is 5.11 Å². The van der Waals surface area contributed by atoms with Crippen LogP contribution < -0.4 is 11.1 Å². The molecule has 4 heteroatoms. The second kappa shape index (κ2) is 7.87. The zero-order valence-corrected chi connectivity index (χ0v) is 13.0. The summed E-state index contributed by atoms with van der Waals surface area (Å²) in [6.07, 6.45) is 13.4. The zero-order valence-electron chi connectivity index (χ0n) is 13.0. The van der Waals surface area contributed by atoms with Crippen molar-refractivity contribution in [1.29, 1.82) is 0 Å². The van der Waals surface area contributed by atoms with Crippen molar-refractivity contribution >= 4 is 5.96 Å².